The SMILES string of the molecule is CC(=O)C1(S(=O)(=O)N2CCOCC2)CC1. The first-order chi connectivity index (χ1) is 7.01. The van der Waals surface area contributed by atoms with Crippen molar-refractivity contribution in [3.63, 3.8) is 0 Å². The average molecular weight is 233 g/mol. The summed E-state index contributed by atoms with van der Waals surface area (Å²) >= 11 is 0. The lowest BCUT2D eigenvalue weighted by molar-refractivity contribution is -0.117. The Morgan fingerprint density at radius 3 is 2.20 bits per heavy atom. The summed E-state index contributed by atoms with van der Waals surface area (Å²) in [6.07, 6.45) is 0.948. The maximum absolute atomic E-state index is 12.2. The first-order valence-electron chi connectivity index (χ1n) is 5.09. The van der Waals surface area contributed by atoms with E-state index in [1.807, 2.05) is 0 Å². The number of sulfonamides is 1. The van der Waals surface area contributed by atoms with Crippen molar-refractivity contribution < 1.29 is 17.9 Å². The molecule has 0 aromatic carbocycles. The second-order valence-electron chi connectivity index (χ2n) is 4.07. The van der Waals surface area contributed by atoms with Crippen LogP contribution in [0.3, 0.4) is 0 Å². The summed E-state index contributed by atoms with van der Waals surface area (Å²) in [5, 5.41) is 0. The number of morpholine rings is 1. The molecule has 2 fully saturated rings. The average Bonchev–Trinajstić information content (AvgIpc) is 3.00. The lowest BCUT2D eigenvalue weighted by Crippen LogP contribution is -2.48. The minimum atomic E-state index is -3.45. The van der Waals surface area contributed by atoms with E-state index in [0.717, 1.165) is 0 Å². The van der Waals surface area contributed by atoms with Crippen molar-refractivity contribution in [1.82, 2.24) is 4.31 Å². The predicted molar refractivity (Wildman–Crippen MR) is 54.0 cm³/mol. The first-order valence-corrected chi connectivity index (χ1v) is 6.53. The van der Waals surface area contributed by atoms with E-state index >= 15 is 0 Å². The molecule has 86 valence electrons. The molecule has 1 saturated heterocycles. The highest BCUT2D eigenvalue weighted by molar-refractivity contribution is 7.91. The molecule has 1 aliphatic heterocycles. The summed E-state index contributed by atoms with van der Waals surface area (Å²) in [4.78, 5) is 11.4. The van der Waals surface area contributed by atoms with Gasteiger partial charge in [-0.2, -0.15) is 4.31 Å². The zero-order valence-electron chi connectivity index (χ0n) is 8.73. The highest BCUT2D eigenvalue weighted by atomic mass is 32.2. The van der Waals surface area contributed by atoms with Crippen LogP contribution in [-0.2, 0) is 19.6 Å². The van der Waals surface area contributed by atoms with Crippen molar-refractivity contribution in [1.29, 1.82) is 0 Å². The number of carbonyl (C=O) groups is 1. The van der Waals surface area contributed by atoms with E-state index in [-0.39, 0.29) is 5.78 Å². The van der Waals surface area contributed by atoms with Crippen LogP contribution in [0.2, 0.25) is 0 Å². The zero-order valence-corrected chi connectivity index (χ0v) is 9.55. The smallest absolute Gasteiger partial charge is 0.227 e. The third-order valence-corrected chi connectivity index (χ3v) is 5.88. The van der Waals surface area contributed by atoms with Gasteiger partial charge in [-0.3, -0.25) is 4.79 Å². The third kappa shape index (κ3) is 1.60. The Labute approximate surface area is 89.4 Å². The Kier molecular flexibility index (Phi) is 2.60. The molecule has 0 N–H and O–H groups in total. The Morgan fingerprint density at radius 2 is 1.80 bits per heavy atom. The lowest BCUT2D eigenvalue weighted by Gasteiger charge is -2.29. The van der Waals surface area contributed by atoms with Crippen LogP contribution >= 0.6 is 0 Å². The van der Waals surface area contributed by atoms with E-state index in [1.165, 1.54) is 11.2 Å². The van der Waals surface area contributed by atoms with Gasteiger partial charge in [0.1, 0.15) is 4.75 Å². The number of rotatable bonds is 3. The lowest BCUT2D eigenvalue weighted by atomic mass is 10.3. The fraction of sp³-hybridized carbons (Fsp3) is 0.889. The van der Waals surface area contributed by atoms with Crippen LogP contribution in [0.25, 0.3) is 0 Å². The maximum atomic E-state index is 12.2. The van der Waals surface area contributed by atoms with E-state index in [2.05, 4.69) is 0 Å². The Balaban J connectivity index is 2.23. The van der Waals surface area contributed by atoms with Gasteiger partial charge in [0, 0.05) is 13.1 Å². The summed E-state index contributed by atoms with van der Waals surface area (Å²) in [5.41, 5.74) is 0. The van der Waals surface area contributed by atoms with Crippen molar-refractivity contribution in [3.05, 3.63) is 0 Å². The van der Waals surface area contributed by atoms with Crippen LogP contribution in [-0.4, -0.2) is 49.6 Å². The summed E-state index contributed by atoms with van der Waals surface area (Å²) < 4.78 is 29.7. The van der Waals surface area contributed by atoms with Crippen LogP contribution in [0, 0.1) is 0 Å². The van der Waals surface area contributed by atoms with Gasteiger partial charge in [0.15, 0.2) is 5.78 Å². The molecule has 0 aromatic rings. The van der Waals surface area contributed by atoms with Gasteiger partial charge in [0.25, 0.3) is 0 Å². The number of hydrogen-bond acceptors (Lipinski definition) is 4. The van der Waals surface area contributed by atoms with Gasteiger partial charge in [0.05, 0.1) is 13.2 Å². The molecule has 0 atom stereocenters. The number of Topliss-reactive ketones (excluding diaryl/α,β-unsaturated/α-hetero) is 1. The molecule has 6 heteroatoms. The highest BCUT2D eigenvalue weighted by Crippen LogP contribution is 2.46. The van der Waals surface area contributed by atoms with E-state index in [0.29, 0.717) is 39.1 Å². The molecule has 0 radical (unpaired) electrons. The summed E-state index contributed by atoms with van der Waals surface area (Å²) in [5.74, 6) is -0.228. The quantitative estimate of drug-likeness (QED) is 0.675. The Hall–Kier alpha value is -0.460. The molecular formula is C9H15NO4S. The van der Waals surface area contributed by atoms with Gasteiger partial charge in [0.2, 0.25) is 10.0 Å². The molecule has 1 saturated carbocycles. The van der Waals surface area contributed by atoms with Gasteiger partial charge in [-0.05, 0) is 19.8 Å². The standard InChI is InChI=1S/C9H15NO4S/c1-8(11)9(2-3-9)15(12,13)10-4-6-14-7-5-10/h2-7H2,1H3. The minimum Gasteiger partial charge on any atom is -0.379 e. The van der Waals surface area contributed by atoms with Gasteiger partial charge in [-0.1, -0.05) is 0 Å². The largest absolute Gasteiger partial charge is 0.379 e. The number of hydrogen-bond donors (Lipinski definition) is 0. The van der Waals surface area contributed by atoms with Crippen LogP contribution in [0.4, 0.5) is 0 Å². The maximum Gasteiger partial charge on any atom is 0.227 e. The molecule has 1 aliphatic carbocycles. The van der Waals surface area contributed by atoms with Crippen LogP contribution in [0.5, 0.6) is 0 Å². The summed E-state index contributed by atoms with van der Waals surface area (Å²) in [6.45, 7) is 2.96. The molecular weight excluding hydrogens is 218 g/mol. The van der Waals surface area contributed by atoms with Crippen molar-refractivity contribution in [2.75, 3.05) is 26.3 Å². The molecule has 0 amide bonds. The molecule has 5 nitrogen and oxygen atoms in total. The van der Waals surface area contributed by atoms with Crippen LogP contribution in [0.15, 0.2) is 0 Å². The summed E-state index contributed by atoms with van der Waals surface area (Å²) in [6, 6.07) is 0. The number of ether oxygens (including phenoxy) is 1. The van der Waals surface area contributed by atoms with Gasteiger partial charge in [-0.15, -0.1) is 0 Å². The molecule has 0 unspecified atom stereocenters. The van der Waals surface area contributed by atoms with E-state index in [4.69, 9.17) is 4.74 Å². The Bertz CT molecular complexity index is 366. The van der Waals surface area contributed by atoms with Gasteiger partial charge in [-0.25, -0.2) is 8.42 Å². The molecule has 0 aromatic heterocycles. The molecule has 2 rings (SSSR count). The van der Waals surface area contributed by atoms with Gasteiger partial charge < -0.3 is 4.74 Å². The molecule has 1 heterocycles. The molecule has 2 aliphatic rings. The monoisotopic (exact) mass is 233 g/mol. The minimum absolute atomic E-state index is 0.228. The number of ketones is 1. The molecule has 0 spiro atoms. The fourth-order valence-electron chi connectivity index (χ4n) is 1.94. The van der Waals surface area contributed by atoms with Gasteiger partial charge >= 0.3 is 0 Å². The number of nitrogens with zero attached hydrogens (tertiary/aromatic N) is 1. The first kappa shape index (κ1) is 11.0. The predicted octanol–water partition coefficient (Wildman–Crippen LogP) is -0.230. The molecule has 15 heavy (non-hydrogen) atoms. The van der Waals surface area contributed by atoms with Crippen molar-refractivity contribution in [3.8, 4) is 0 Å². The van der Waals surface area contributed by atoms with Crippen LogP contribution in [0.1, 0.15) is 19.8 Å². The zero-order chi connectivity index (χ0) is 11.1. The third-order valence-electron chi connectivity index (χ3n) is 3.15. The Morgan fingerprint density at radius 1 is 1.27 bits per heavy atom. The van der Waals surface area contributed by atoms with Crippen LogP contribution < -0.4 is 0 Å². The topological polar surface area (TPSA) is 63.7 Å². The molecule has 0 bridgehead atoms. The van der Waals surface area contributed by atoms with Crippen molar-refractivity contribution in [2.24, 2.45) is 0 Å². The highest BCUT2D eigenvalue weighted by Gasteiger charge is 2.60. The fourth-order valence-corrected chi connectivity index (χ4v) is 4.04. The summed E-state index contributed by atoms with van der Waals surface area (Å²) in [7, 11) is -3.45. The van der Waals surface area contributed by atoms with Crippen molar-refractivity contribution >= 4 is 15.8 Å². The number of carbonyl (C=O) groups excluding carboxylic acids is 1. The van der Waals surface area contributed by atoms with E-state index < -0.39 is 14.8 Å². The second-order valence-corrected chi connectivity index (χ2v) is 6.31. The van der Waals surface area contributed by atoms with E-state index in [1.54, 1.807) is 0 Å². The second kappa shape index (κ2) is 3.54. The normalized spacial score (nSPS) is 26.2. The van der Waals surface area contributed by atoms with E-state index in [9.17, 15) is 13.2 Å². The van der Waals surface area contributed by atoms with Crippen molar-refractivity contribution in [2.45, 2.75) is 24.5 Å².